The van der Waals surface area contributed by atoms with Gasteiger partial charge in [-0.2, -0.15) is 13.2 Å². The van der Waals surface area contributed by atoms with Crippen molar-refractivity contribution in [2.24, 2.45) is 0 Å². The Bertz CT molecular complexity index is 604. The van der Waals surface area contributed by atoms with Crippen LogP contribution in [0.5, 0.6) is 0 Å². The zero-order valence-electron chi connectivity index (χ0n) is 11.4. The minimum Gasteiger partial charge on any atom is -0.352 e. The molecule has 0 aliphatic carbocycles. The van der Waals surface area contributed by atoms with Gasteiger partial charge in [-0.05, 0) is 32.0 Å². The van der Waals surface area contributed by atoms with Crippen LogP contribution >= 0.6 is 0 Å². The van der Waals surface area contributed by atoms with E-state index in [0.29, 0.717) is 19.4 Å². The third kappa shape index (κ3) is 3.65. The number of anilines is 1. The van der Waals surface area contributed by atoms with E-state index in [1.54, 1.807) is 0 Å². The molecular weight excluding hydrogens is 307 g/mol. The first-order chi connectivity index (χ1) is 9.74. The van der Waals surface area contributed by atoms with Crippen LogP contribution in [-0.2, 0) is 16.2 Å². The summed E-state index contributed by atoms with van der Waals surface area (Å²) in [5.74, 6) is -0.434. The summed E-state index contributed by atoms with van der Waals surface area (Å²) in [6.07, 6.45) is -2.07. The van der Waals surface area contributed by atoms with E-state index < -0.39 is 27.8 Å². The van der Waals surface area contributed by atoms with Crippen molar-refractivity contribution in [2.45, 2.75) is 25.1 Å². The summed E-state index contributed by atoms with van der Waals surface area (Å²) in [6, 6.07) is 1.69. The van der Waals surface area contributed by atoms with Crippen LogP contribution in [0, 0.1) is 0 Å². The molecule has 2 heterocycles. The van der Waals surface area contributed by atoms with Crippen LogP contribution in [0.25, 0.3) is 0 Å². The van der Waals surface area contributed by atoms with Gasteiger partial charge in [0, 0.05) is 18.8 Å². The van der Waals surface area contributed by atoms with E-state index in [2.05, 4.69) is 9.71 Å². The van der Waals surface area contributed by atoms with Gasteiger partial charge in [-0.1, -0.05) is 0 Å². The Morgan fingerprint density at radius 3 is 2.81 bits per heavy atom. The molecule has 1 saturated heterocycles. The number of rotatable bonds is 4. The minimum atomic E-state index is -4.52. The average Bonchev–Trinajstić information content (AvgIpc) is 2.85. The van der Waals surface area contributed by atoms with Gasteiger partial charge < -0.3 is 4.90 Å². The molecule has 1 N–H and O–H groups in total. The third-order valence-electron chi connectivity index (χ3n) is 3.46. The molecule has 21 heavy (non-hydrogen) atoms. The fraction of sp³-hybridized carbons (Fsp3) is 0.583. The Morgan fingerprint density at radius 1 is 1.48 bits per heavy atom. The number of sulfonamides is 1. The van der Waals surface area contributed by atoms with Crippen LogP contribution in [0.2, 0.25) is 0 Å². The zero-order chi connectivity index (χ0) is 15.7. The van der Waals surface area contributed by atoms with Crippen molar-refractivity contribution in [2.75, 3.05) is 24.2 Å². The van der Waals surface area contributed by atoms with E-state index in [-0.39, 0.29) is 11.6 Å². The topological polar surface area (TPSA) is 62.3 Å². The maximum Gasteiger partial charge on any atom is 0.419 e. The second-order valence-electron chi connectivity index (χ2n) is 4.85. The maximum absolute atomic E-state index is 13.0. The van der Waals surface area contributed by atoms with E-state index in [1.807, 2.05) is 0 Å². The molecule has 5 nitrogen and oxygen atoms in total. The first-order valence-electron chi connectivity index (χ1n) is 6.44. The van der Waals surface area contributed by atoms with Crippen molar-refractivity contribution in [1.82, 2.24) is 9.71 Å². The van der Waals surface area contributed by atoms with Crippen LogP contribution in [0.15, 0.2) is 18.3 Å². The molecular formula is C12H16F3N3O2S. The molecule has 1 atom stereocenters. The number of pyridine rings is 1. The lowest BCUT2D eigenvalue weighted by Gasteiger charge is -2.27. The third-order valence-corrected chi connectivity index (χ3v) is 4.91. The molecule has 0 aromatic carbocycles. The van der Waals surface area contributed by atoms with Crippen molar-refractivity contribution < 1.29 is 21.6 Å². The van der Waals surface area contributed by atoms with Gasteiger partial charge in [-0.3, -0.25) is 0 Å². The summed E-state index contributed by atoms with van der Waals surface area (Å²) >= 11 is 0. The largest absolute Gasteiger partial charge is 0.419 e. The predicted molar refractivity (Wildman–Crippen MR) is 72.5 cm³/mol. The SMILES string of the molecule is CNS(=O)(=O)CC1CCCN1c1ncccc1C(F)(F)F. The van der Waals surface area contributed by atoms with E-state index in [0.717, 1.165) is 6.07 Å². The smallest absolute Gasteiger partial charge is 0.352 e. The van der Waals surface area contributed by atoms with Crippen molar-refractivity contribution in [1.29, 1.82) is 0 Å². The summed E-state index contributed by atoms with van der Waals surface area (Å²) in [7, 11) is -2.20. The minimum absolute atomic E-state index is 0.196. The molecule has 9 heteroatoms. The van der Waals surface area contributed by atoms with Gasteiger partial charge in [0.2, 0.25) is 10.0 Å². The van der Waals surface area contributed by atoms with Crippen molar-refractivity contribution in [3.63, 3.8) is 0 Å². The summed E-state index contributed by atoms with van der Waals surface area (Å²) in [4.78, 5) is 5.27. The lowest BCUT2D eigenvalue weighted by Crippen LogP contribution is -2.39. The second kappa shape index (κ2) is 5.80. The highest BCUT2D eigenvalue weighted by atomic mass is 32.2. The Hall–Kier alpha value is -1.35. The van der Waals surface area contributed by atoms with Gasteiger partial charge in [-0.25, -0.2) is 18.1 Å². The summed E-state index contributed by atoms with van der Waals surface area (Å²) < 4.78 is 64.6. The molecule has 2 rings (SSSR count). The van der Waals surface area contributed by atoms with Crippen molar-refractivity contribution in [3.05, 3.63) is 23.9 Å². The molecule has 1 fully saturated rings. The van der Waals surface area contributed by atoms with Crippen molar-refractivity contribution >= 4 is 15.8 Å². The average molecular weight is 323 g/mol. The fourth-order valence-corrected chi connectivity index (χ4v) is 3.49. The van der Waals surface area contributed by atoms with Crippen LogP contribution in [0.4, 0.5) is 19.0 Å². The van der Waals surface area contributed by atoms with Crippen LogP contribution in [0.1, 0.15) is 18.4 Å². The Morgan fingerprint density at radius 2 is 2.19 bits per heavy atom. The molecule has 1 aromatic rings. The van der Waals surface area contributed by atoms with E-state index in [4.69, 9.17) is 0 Å². The first kappa shape index (κ1) is 16.0. The normalized spacial score (nSPS) is 20.0. The highest BCUT2D eigenvalue weighted by Crippen LogP contribution is 2.37. The summed E-state index contributed by atoms with van der Waals surface area (Å²) in [5.41, 5.74) is -0.834. The van der Waals surface area contributed by atoms with Gasteiger partial charge in [0.05, 0.1) is 11.3 Å². The van der Waals surface area contributed by atoms with Gasteiger partial charge >= 0.3 is 6.18 Å². The Labute approximate surface area is 121 Å². The van der Waals surface area contributed by atoms with Crippen LogP contribution < -0.4 is 9.62 Å². The standard InChI is InChI=1S/C12H16F3N3O2S/c1-16-21(19,20)8-9-4-3-7-18(9)11-10(12(13,14)15)5-2-6-17-11/h2,5-6,9,16H,3-4,7-8H2,1H3. The number of nitrogens with one attached hydrogen (secondary N) is 1. The molecule has 1 aliphatic rings. The maximum atomic E-state index is 13.0. The highest BCUT2D eigenvalue weighted by Gasteiger charge is 2.39. The summed E-state index contributed by atoms with van der Waals surface area (Å²) in [5, 5.41) is 0. The van der Waals surface area contributed by atoms with E-state index >= 15 is 0 Å². The fourth-order valence-electron chi connectivity index (χ4n) is 2.47. The van der Waals surface area contributed by atoms with Crippen molar-refractivity contribution in [3.8, 4) is 0 Å². The monoisotopic (exact) mass is 323 g/mol. The second-order valence-corrected chi connectivity index (χ2v) is 6.82. The van der Waals surface area contributed by atoms with Crippen LogP contribution in [0.3, 0.4) is 0 Å². The summed E-state index contributed by atoms with van der Waals surface area (Å²) in [6.45, 7) is 0.365. The van der Waals surface area contributed by atoms with Crippen LogP contribution in [-0.4, -0.2) is 38.8 Å². The number of hydrogen-bond donors (Lipinski definition) is 1. The number of halogens is 3. The zero-order valence-corrected chi connectivity index (χ0v) is 12.2. The van der Waals surface area contributed by atoms with Gasteiger partial charge in [0.1, 0.15) is 5.82 Å². The predicted octanol–water partition coefficient (Wildman–Crippen LogP) is 1.62. The van der Waals surface area contributed by atoms with E-state index in [9.17, 15) is 21.6 Å². The van der Waals surface area contributed by atoms with Gasteiger partial charge in [0.25, 0.3) is 0 Å². The lowest BCUT2D eigenvalue weighted by atomic mass is 10.2. The molecule has 0 radical (unpaired) electrons. The number of hydrogen-bond acceptors (Lipinski definition) is 4. The first-order valence-corrected chi connectivity index (χ1v) is 8.10. The molecule has 1 unspecified atom stereocenters. The van der Waals surface area contributed by atoms with E-state index in [1.165, 1.54) is 24.2 Å². The number of nitrogens with zero attached hydrogens (tertiary/aromatic N) is 2. The van der Waals surface area contributed by atoms with Gasteiger partial charge in [0.15, 0.2) is 0 Å². The quantitative estimate of drug-likeness (QED) is 0.915. The molecule has 0 spiro atoms. The number of aromatic nitrogens is 1. The Balaban J connectivity index is 2.33. The molecule has 1 aromatic heterocycles. The molecule has 118 valence electrons. The molecule has 0 bridgehead atoms. The Kier molecular flexibility index (Phi) is 4.43. The molecule has 0 amide bonds. The molecule has 1 aliphatic heterocycles. The highest BCUT2D eigenvalue weighted by molar-refractivity contribution is 7.89. The lowest BCUT2D eigenvalue weighted by molar-refractivity contribution is -0.137. The molecule has 0 saturated carbocycles. The van der Waals surface area contributed by atoms with Gasteiger partial charge in [-0.15, -0.1) is 0 Å². The number of alkyl halides is 3.